The molecule has 2 aromatic carbocycles. The molecule has 1 aromatic heterocycles. The summed E-state index contributed by atoms with van der Waals surface area (Å²) in [5.74, 6) is 0.100. The van der Waals surface area contributed by atoms with E-state index in [1.54, 1.807) is 0 Å². The maximum absolute atomic E-state index is 13.6. The van der Waals surface area contributed by atoms with Gasteiger partial charge in [0.25, 0.3) is 0 Å². The molecule has 13 heteroatoms. The van der Waals surface area contributed by atoms with Crippen molar-refractivity contribution in [3.8, 4) is 45.6 Å². The Balaban J connectivity index is 1.83. The highest BCUT2D eigenvalue weighted by Gasteiger charge is 2.45. The SMILES string of the molecule is COc1cc(OC)c(-c2coc3c(OC)c(O[C@H]4O[C@H](CO)[C@@H](O)[C@H](O)[C@H]4O)cc(O)c3c2=O)cc1OC. The molecule has 3 aromatic rings. The number of hydrogen-bond acceptors (Lipinski definition) is 13. The van der Waals surface area contributed by atoms with Gasteiger partial charge in [-0.2, -0.15) is 0 Å². The highest BCUT2D eigenvalue weighted by Crippen LogP contribution is 2.44. The third-order valence-corrected chi connectivity index (χ3v) is 6.24. The fourth-order valence-electron chi connectivity index (χ4n) is 4.24. The van der Waals surface area contributed by atoms with E-state index in [1.807, 2.05) is 0 Å². The van der Waals surface area contributed by atoms with Crippen molar-refractivity contribution < 1.29 is 58.4 Å². The monoisotopic (exact) mass is 536 g/mol. The Morgan fingerprint density at radius 1 is 0.816 bits per heavy atom. The van der Waals surface area contributed by atoms with Crippen LogP contribution in [-0.2, 0) is 4.74 Å². The zero-order chi connectivity index (χ0) is 27.7. The van der Waals surface area contributed by atoms with Crippen molar-refractivity contribution >= 4 is 11.0 Å². The molecular formula is C25H28O13. The van der Waals surface area contributed by atoms with E-state index in [4.69, 9.17) is 32.8 Å². The van der Waals surface area contributed by atoms with Crippen LogP contribution in [-0.4, -0.2) is 91.3 Å². The van der Waals surface area contributed by atoms with Gasteiger partial charge in [-0.1, -0.05) is 0 Å². The van der Waals surface area contributed by atoms with E-state index in [0.29, 0.717) is 17.1 Å². The van der Waals surface area contributed by atoms with Crippen molar-refractivity contribution in [2.24, 2.45) is 0 Å². The Morgan fingerprint density at radius 3 is 2.08 bits per heavy atom. The van der Waals surface area contributed by atoms with Crippen LogP contribution in [0.3, 0.4) is 0 Å². The van der Waals surface area contributed by atoms with Gasteiger partial charge in [0.05, 0.1) is 40.6 Å². The van der Waals surface area contributed by atoms with Gasteiger partial charge in [-0.15, -0.1) is 0 Å². The van der Waals surface area contributed by atoms with E-state index >= 15 is 0 Å². The lowest BCUT2D eigenvalue weighted by atomic mass is 9.99. The number of fused-ring (bicyclic) bond motifs is 1. The minimum Gasteiger partial charge on any atom is -0.507 e. The van der Waals surface area contributed by atoms with Crippen LogP contribution in [0.25, 0.3) is 22.1 Å². The van der Waals surface area contributed by atoms with Crippen molar-refractivity contribution in [2.45, 2.75) is 30.7 Å². The molecule has 2 heterocycles. The van der Waals surface area contributed by atoms with Crippen LogP contribution < -0.4 is 29.1 Å². The third-order valence-electron chi connectivity index (χ3n) is 6.24. The van der Waals surface area contributed by atoms with Crippen LogP contribution in [0.5, 0.6) is 34.5 Å². The van der Waals surface area contributed by atoms with E-state index < -0.39 is 48.5 Å². The minimum absolute atomic E-state index is 0.0373. The molecule has 5 atom stereocenters. The molecule has 13 nitrogen and oxygen atoms in total. The minimum atomic E-state index is -1.72. The van der Waals surface area contributed by atoms with Crippen molar-refractivity contribution in [2.75, 3.05) is 35.0 Å². The summed E-state index contributed by atoms with van der Waals surface area (Å²) in [4.78, 5) is 13.6. The maximum atomic E-state index is 13.6. The van der Waals surface area contributed by atoms with Crippen molar-refractivity contribution in [1.29, 1.82) is 0 Å². The first kappa shape index (κ1) is 27.3. The van der Waals surface area contributed by atoms with E-state index in [0.717, 1.165) is 12.3 Å². The zero-order valence-electron chi connectivity index (χ0n) is 20.9. The topological polar surface area (TPSA) is 187 Å². The van der Waals surface area contributed by atoms with Gasteiger partial charge in [0, 0.05) is 17.7 Å². The van der Waals surface area contributed by atoms with E-state index in [-0.39, 0.29) is 33.8 Å². The summed E-state index contributed by atoms with van der Waals surface area (Å²) in [5.41, 5.74) is -0.469. The lowest BCUT2D eigenvalue weighted by Gasteiger charge is -2.39. The Kier molecular flexibility index (Phi) is 7.85. The summed E-state index contributed by atoms with van der Waals surface area (Å²) in [6.07, 6.45) is -6.65. The summed E-state index contributed by atoms with van der Waals surface area (Å²) in [7, 11) is 5.56. The summed E-state index contributed by atoms with van der Waals surface area (Å²) in [6, 6.07) is 4.12. The van der Waals surface area contributed by atoms with Crippen LogP contribution >= 0.6 is 0 Å². The van der Waals surface area contributed by atoms with E-state index in [1.165, 1.54) is 40.6 Å². The van der Waals surface area contributed by atoms with Crippen molar-refractivity contribution in [3.05, 3.63) is 34.7 Å². The van der Waals surface area contributed by atoms with Gasteiger partial charge in [-0.25, -0.2) is 0 Å². The first-order valence-corrected chi connectivity index (χ1v) is 11.3. The first-order valence-electron chi connectivity index (χ1n) is 11.3. The number of aliphatic hydroxyl groups excluding tert-OH is 4. The molecule has 1 aliphatic heterocycles. The fourth-order valence-corrected chi connectivity index (χ4v) is 4.24. The first-order chi connectivity index (χ1) is 18.2. The summed E-state index contributed by atoms with van der Waals surface area (Å²) < 4.78 is 38.1. The molecular weight excluding hydrogens is 508 g/mol. The van der Waals surface area contributed by atoms with Gasteiger partial charge >= 0.3 is 0 Å². The molecule has 0 aliphatic carbocycles. The van der Waals surface area contributed by atoms with Gasteiger partial charge in [0.2, 0.25) is 17.5 Å². The number of methoxy groups -OCH3 is 4. The molecule has 1 aliphatic rings. The molecule has 0 spiro atoms. The quantitative estimate of drug-likeness (QED) is 0.266. The Labute approximate surface area is 215 Å². The summed E-state index contributed by atoms with van der Waals surface area (Å²) in [5, 5.41) is 50.3. The molecule has 38 heavy (non-hydrogen) atoms. The number of aromatic hydroxyl groups is 1. The second kappa shape index (κ2) is 10.9. The van der Waals surface area contributed by atoms with Crippen LogP contribution in [0.4, 0.5) is 0 Å². The average Bonchev–Trinajstić information content (AvgIpc) is 2.92. The zero-order valence-corrected chi connectivity index (χ0v) is 20.9. The highest BCUT2D eigenvalue weighted by atomic mass is 16.7. The predicted molar refractivity (Wildman–Crippen MR) is 130 cm³/mol. The average molecular weight is 536 g/mol. The van der Waals surface area contributed by atoms with Gasteiger partial charge in [0.1, 0.15) is 47.6 Å². The number of aliphatic hydroxyl groups is 4. The second-order valence-corrected chi connectivity index (χ2v) is 8.33. The number of ether oxygens (including phenoxy) is 6. The predicted octanol–water partition coefficient (Wildman–Crippen LogP) is 0.379. The molecule has 0 radical (unpaired) electrons. The Hall–Kier alpha value is -3.75. The lowest BCUT2D eigenvalue weighted by Crippen LogP contribution is -2.60. The normalized spacial score (nSPS) is 23.2. The number of phenolic OH excluding ortho intramolecular Hbond substituents is 1. The smallest absolute Gasteiger partial charge is 0.229 e. The van der Waals surface area contributed by atoms with E-state index in [2.05, 4.69) is 0 Å². The molecule has 0 saturated carbocycles. The van der Waals surface area contributed by atoms with Crippen LogP contribution in [0.15, 0.2) is 33.7 Å². The fraction of sp³-hybridized carbons (Fsp3) is 0.400. The van der Waals surface area contributed by atoms with Gasteiger partial charge in [-0.05, 0) is 6.07 Å². The molecule has 4 rings (SSSR count). The Morgan fingerprint density at radius 2 is 1.47 bits per heavy atom. The standard InChI is InChI=1S/C25H28O13/c1-32-13-7-15(34-3)14(33-2)5-10(13)11-9-36-24-18(19(11)28)12(27)6-16(23(24)35-4)37-25-22(31)21(30)20(29)17(8-26)38-25/h5-7,9,17,20-22,25-27,29-31H,8H2,1-4H3/t17-,20-,21+,22-,25+/m1/s1. The number of rotatable bonds is 8. The number of hydrogen-bond donors (Lipinski definition) is 5. The number of phenols is 1. The van der Waals surface area contributed by atoms with Crippen LogP contribution in [0.1, 0.15) is 0 Å². The molecule has 0 amide bonds. The molecule has 1 fully saturated rings. The van der Waals surface area contributed by atoms with E-state index in [9.17, 15) is 30.3 Å². The van der Waals surface area contributed by atoms with Gasteiger partial charge in [0.15, 0.2) is 22.8 Å². The largest absolute Gasteiger partial charge is 0.507 e. The second-order valence-electron chi connectivity index (χ2n) is 8.33. The molecule has 5 N–H and O–H groups in total. The highest BCUT2D eigenvalue weighted by molar-refractivity contribution is 5.93. The van der Waals surface area contributed by atoms with Crippen molar-refractivity contribution in [1.82, 2.24) is 0 Å². The molecule has 0 unspecified atom stereocenters. The Bertz CT molecular complexity index is 1370. The van der Waals surface area contributed by atoms with Gasteiger partial charge in [-0.3, -0.25) is 4.79 Å². The van der Waals surface area contributed by atoms with Crippen LogP contribution in [0.2, 0.25) is 0 Å². The lowest BCUT2D eigenvalue weighted by molar-refractivity contribution is -0.277. The summed E-state index contributed by atoms with van der Waals surface area (Å²) >= 11 is 0. The van der Waals surface area contributed by atoms with Gasteiger partial charge < -0.3 is 58.4 Å². The third kappa shape index (κ3) is 4.54. The molecule has 0 bridgehead atoms. The van der Waals surface area contributed by atoms with Crippen molar-refractivity contribution in [3.63, 3.8) is 0 Å². The summed E-state index contributed by atoms with van der Waals surface area (Å²) in [6.45, 7) is -0.665. The number of benzene rings is 2. The maximum Gasteiger partial charge on any atom is 0.229 e. The molecule has 206 valence electrons. The van der Waals surface area contributed by atoms with Crippen LogP contribution in [0, 0.1) is 0 Å². The molecule has 1 saturated heterocycles.